The average Bonchev–Trinajstić information content (AvgIpc) is 3.57. The minimum absolute atomic E-state index is 0.0885. The molecule has 2 atom stereocenters. The van der Waals surface area contributed by atoms with Crippen LogP contribution in [0.5, 0.6) is 0 Å². The topological polar surface area (TPSA) is 91.7 Å². The van der Waals surface area contributed by atoms with Crippen molar-refractivity contribution in [3.63, 3.8) is 0 Å². The van der Waals surface area contributed by atoms with Gasteiger partial charge in [-0.05, 0) is 63.0 Å². The lowest BCUT2D eigenvalue weighted by molar-refractivity contribution is -0.140. The largest absolute Gasteiger partial charge is 0.464 e. The van der Waals surface area contributed by atoms with Crippen LogP contribution in [0.2, 0.25) is 0 Å². The number of nitrogens with zero attached hydrogens (tertiary/aromatic N) is 1. The second kappa shape index (κ2) is 6.36. The highest BCUT2D eigenvalue weighted by molar-refractivity contribution is 6.07. The number of hydrogen-bond donors (Lipinski definition) is 2. The molecule has 28 heavy (non-hydrogen) atoms. The van der Waals surface area contributed by atoms with Gasteiger partial charge in [-0.25, -0.2) is 4.79 Å². The summed E-state index contributed by atoms with van der Waals surface area (Å²) in [5.41, 5.74) is -0.810. The molecule has 4 amide bonds. The molecule has 3 saturated carbocycles. The summed E-state index contributed by atoms with van der Waals surface area (Å²) in [7, 11) is 0. The van der Waals surface area contributed by atoms with Gasteiger partial charge in [-0.15, -0.1) is 0 Å². The van der Waals surface area contributed by atoms with Crippen molar-refractivity contribution >= 4 is 17.8 Å². The van der Waals surface area contributed by atoms with Crippen molar-refractivity contribution in [2.75, 3.05) is 0 Å². The zero-order valence-electron chi connectivity index (χ0n) is 16.2. The zero-order valence-corrected chi connectivity index (χ0v) is 16.2. The van der Waals surface area contributed by atoms with Gasteiger partial charge in [0, 0.05) is 17.9 Å². The Kier molecular flexibility index (Phi) is 4.03. The molecule has 7 nitrogen and oxygen atoms in total. The third-order valence-corrected chi connectivity index (χ3v) is 6.96. The number of rotatable bonds is 5. The van der Waals surface area contributed by atoms with Crippen LogP contribution in [0.15, 0.2) is 16.5 Å². The van der Waals surface area contributed by atoms with Gasteiger partial charge in [0.25, 0.3) is 5.91 Å². The van der Waals surface area contributed by atoms with Gasteiger partial charge < -0.3 is 14.6 Å². The Labute approximate surface area is 164 Å². The van der Waals surface area contributed by atoms with Gasteiger partial charge in [-0.3, -0.25) is 14.9 Å². The van der Waals surface area contributed by atoms with Crippen LogP contribution in [0.3, 0.4) is 0 Å². The van der Waals surface area contributed by atoms with E-state index in [1.165, 1.54) is 6.42 Å². The molecule has 0 aromatic carbocycles. The number of urea groups is 1. The number of carbonyl (C=O) groups excluding carboxylic acids is 3. The maximum atomic E-state index is 13.2. The smallest absolute Gasteiger partial charge is 0.322 e. The summed E-state index contributed by atoms with van der Waals surface area (Å²) in [6.45, 7) is 2.76. The molecule has 4 aliphatic rings. The van der Waals surface area contributed by atoms with Crippen LogP contribution >= 0.6 is 0 Å². The third kappa shape index (κ3) is 3.10. The zero-order chi connectivity index (χ0) is 19.5. The molecule has 1 aliphatic heterocycles. The molecule has 0 radical (unpaired) electrons. The lowest BCUT2D eigenvalue weighted by atomic mass is 9.76. The van der Waals surface area contributed by atoms with Crippen molar-refractivity contribution in [3.05, 3.63) is 23.7 Å². The fraction of sp³-hybridized carbons (Fsp3) is 0.667. The highest BCUT2D eigenvalue weighted by Crippen LogP contribution is 2.47. The van der Waals surface area contributed by atoms with Crippen LogP contribution in [-0.4, -0.2) is 34.3 Å². The SMILES string of the molecule is CC1CC1c1ccc(CN(C(=O)C2CCC3(CC2)NC(=O)NC3=O)C2CC2)o1. The first-order valence-corrected chi connectivity index (χ1v) is 10.5. The number of imide groups is 1. The van der Waals surface area contributed by atoms with Crippen molar-refractivity contribution in [1.82, 2.24) is 15.5 Å². The van der Waals surface area contributed by atoms with E-state index in [2.05, 4.69) is 23.6 Å². The van der Waals surface area contributed by atoms with E-state index >= 15 is 0 Å². The van der Waals surface area contributed by atoms with Crippen molar-refractivity contribution in [3.8, 4) is 0 Å². The third-order valence-electron chi connectivity index (χ3n) is 6.96. The molecular formula is C21H27N3O4. The second-order valence-electron chi connectivity index (χ2n) is 9.09. The Morgan fingerprint density at radius 1 is 1.21 bits per heavy atom. The molecule has 150 valence electrons. The summed E-state index contributed by atoms with van der Waals surface area (Å²) in [4.78, 5) is 38.8. The molecule has 3 aliphatic carbocycles. The van der Waals surface area contributed by atoms with Gasteiger partial charge in [0.15, 0.2) is 0 Å². The lowest BCUT2D eigenvalue weighted by Gasteiger charge is -2.36. The fourth-order valence-electron chi connectivity index (χ4n) is 4.81. The van der Waals surface area contributed by atoms with E-state index in [1.54, 1.807) is 0 Å². The van der Waals surface area contributed by atoms with E-state index in [4.69, 9.17) is 4.42 Å². The van der Waals surface area contributed by atoms with Crippen molar-refractivity contribution in [2.45, 2.75) is 75.9 Å². The van der Waals surface area contributed by atoms with Crippen LogP contribution in [0.25, 0.3) is 0 Å². The van der Waals surface area contributed by atoms with Crippen molar-refractivity contribution in [1.29, 1.82) is 0 Å². The number of nitrogens with one attached hydrogen (secondary N) is 2. The molecule has 1 aromatic heterocycles. The van der Waals surface area contributed by atoms with Crippen molar-refractivity contribution in [2.24, 2.45) is 11.8 Å². The van der Waals surface area contributed by atoms with E-state index in [0.717, 1.165) is 24.4 Å². The first-order chi connectivity index (χ1) is 13.4. The molecule has 5 rings (SSSR count). The van der Waals surface area contributed by atoms with Gasteiger partial charge in [-0.2, -0.15) is 0 Å². The molecule has 2 heterocycles. The highest BCUT2D eigenvalue weighted by Gasteiger charge is 2.50. The summed E-state index contributed by atoms with van der Waals surface area (Å²) < 4.78 is 6.03. The van der Waals surface area contributed by atoms with Crippen LogP contribution < -0.4 is 10.6 Å². The van der Waals surface area contributed by atoms with E-state index in [1.807, 2.05) is 11.0 Å². The maximum Gasteiger partial charge on any atom is 0.322 e. The predicted molar refractivity (Wildman–Crippen MR) is 100 cm³/mol. The molecule has 2 unspecified atom stereocenters. The lowest BCUT2D eigenvalue weighted by Crippen LogP contribution is -2.51. The van der Waals surface area contributed by atoms with Gasteiger partial charge in [0.2, 0.25) is 5.91 Å². The summed E-state index contributed by atoms with van der Waals surface area (Å²) >= 11 is 0. The van der Waals surface area contributed by atoms with E-state index in [9.17, 15) is 14.4 Å². The van der Waals surface area contributed by atoms with E-state index in [-0.39, 0.29) is 17.7 Å². The summed E-state index contributed by atoms with van der Waals surface area (Å²) in [6, 6.07) is 3.96. The summed E-state index contributed by atoms with van der Waals surface area (Å²) in [6.07, 6.45) is 5.57. The quantitative estimate of drug-likeness (QED) is 0.763. The molecule has 1 aromatic rings. The molecule has 0 bridgehead atoms. The summed E-state index contributed by atoms with van der Waals surface area (Å²) in [5, 5.41) is 5.09. The van der Waals surface area contributed by atoms with Crippen LogP contribution in [-0.2, 0) is 16.1 Å². The highest BCUT2D eigenvalue weighted by atomic mass is 16.3. The average molecular weight is 385 g/mol. The van der Waals surface area contributed by atoms with Crippen LogP contribution in [0.1, 0.15) is 69.3 Å². The minimum atomic E-state index is -0.810. The van der Waals surface area contributed by atoms with Gasteiger partial charge in [0.05, 0.1) is 6.54 Å². The van der Waals surface area contributed by atoms with E-state index < -0.39 is 11.6 Å². The Balaban J connectivity index is 1.23. The number of hydrogen-bond acceptors (Lipinski definition) is 4. The Morgan fingerprint density at radius 3 is 2.50 bits per heavy atom. The molecule has 1 saturated heterocycles. The van der Waals surface area contributed by atoms with Gasteiger partial charge in [0.1, 0.15) is 17.1 Å². The normalized spacial score (nSPS) is 34.2. The standard InChI is InChI=1S/C21H27N3O4/c1-12-10-16(12)17-5-4-15(28-17)11-24(14-2-3-14)18(25)13-6-8-21(9-7-13)19(26)22-20(27)23-21/h4-5,12-14,16H,2-3,6-11H2,1H3,(H2,22,23,26,27). The molecule has 1 spiro atoms. The van der Waals surface area contributed by atoms with Crippen LogP contribution in [0, 0.1) is 11.8 Å². The number of carbonyl (C=O) groups is 3. The second-order valence-corrected chi connectivity index (χ2v) is 9.09. The molecular weight excluding hydrogens is 358 g/mol. The van der Waals surface area contributed by atoms with Gasteiger partial charge >= 0.3 is 6.03 Å². The van der Waals surface area contributed by atoms with E-state index in [0.29, 0.717) is 50.1 Å². The predicted octanol–water partition coefficient (Wildman–Crippen LogP) is 2.66. The number of amides is 4. The first kappa shape index (κ1) is 17.8. The molecule has 4 fully saturated rings. The maximum absolute atomic E-state index is 13.2. The molecule has 2 N–H and O–H groups in total. The fourth-order valence-corrected chi connectivity index (χ4v) is 4.81. The monoisotopic (exact) mass is 385 g/mol. The molecule has 7 heteroatoms. The Morgan fingerprint density at radius 2 is 1.93 bits per heavy atom. The Bertz CT molecular complexity index is 819. The number of furan rings is 1. The van der Waals surface area contributed by atoms with Crippen molar-refractivity contribution < 1.29 is 18.8 Å². The Hall–Kier alpha value is -2.31. The minimum Gasteiger partial charge on any atom is -0.464 e. The van der Waals surface area contributed by atoms with Crippen LogP contribution in [0.4, 0.5) is 4.79 Å². The summed E-state index contributed by atoms with van der Waals surface area (Å²) in [5.74, 6) is 2.98. The van der Waals surface area contributed by atoms with Gasteiger partial charge in [-0.1, -0.05) is 6.92 Å². The first-order valence-electron chi connectivity index (χ1n) is 10.5.